The van der Waals surface area contributed by atoms with Crippen molar-refractivity contribution in [2.45, 2.75) is 32.2 Å². The third-order valence-electron chi connectivity index (χ3n) is 3.84. The van der Waals surface area contributed by atoms with Crippen LogP contribution in [0.3, 0.4) is 0 Å². The minimum Gasteiger partial charge on any atom is -0.298 e. The second kappa shape index (κ2) is 4.61. The van der Waals surface area contributed by atoms with Crippen molar-refractivity contribution in [1.82, 2.24) is 4.90 Å². The fraction of sp³-hybridized carbons (Fsp3) is 0.533. The first-order chi connectivity index (χ1) is 8.33. The van der Waals surface area contributed by atoms with Gasteiger partial charge in [0, 0.05) is 12.5 Å². The summed E-state index contributed by atoms with van der Waals surface area (Å²) in [5.74, 6) is 0.859. The Bertz CT molecular complexity index is 423. The van der Waals surface area contributed by atoms with Crippen molar-refractivity contribution in [2.75, 3.05) is 13.1 Å². The van der Waals surface area contributed by atoms with Crippen molar-refractivity contribution in [3.05, 3.63) is 35.4 Å². The number of carbonyl (C=O) groups excluding carboxylic acids is 1. The second-order valence-electron chi connectivity index (χ2n) is 5.32. The molecule has 2 nitrogen and oxygen atoms in total. The first kappa shape index (κ1) is 11.0. The summed E-state index contributed by atoms with van der Waals surface area (Å²) in [6.07, 6.45) is 4.59. The molecule has 2 aliphatic rings. The van der Waals surface area contributed by atoms with Crippen LogP contribution < -0.4 is 0 Å². The number of rotatable bonds is 3. The average Bonchev–Trinajstić information content (AvgIpc) is 3.15. The van der Waals surface area contributed by atoms with Gasteiger partial charge in [-0.1, -0.05) is 24.3 Å². The predicted molar refractivity (Wildman–Crippen MR) is 67.8 cm³/mol. The van der Waals surface area contributed by atoms with Gasteiger partial charge in [-0.05, 0) is 43.4 Å². The van der Waals surface area contributed by atoms with Gasteiger partial charge in [-0.3, -0.25) is 9.69 Å². The Morgan fingerprint density at radius 3 is 2.76 bits per heavy atom. The van der Waals surface area contributed by atoms with Gasteiger partial charge in [-0.15, -0.1) is 0 Å². The molecule has 1 heterocycles. The van der Waals surface area contributed by atoms with E-state index in [1.165, 1.54) is 17.5 Å². The Kier molecular flexibility index (Phi) is 2.98. The third-order valence-corrected chi connectivity index (χ3v) is 3.84. The minimum atomic E-state index is 0.397. The summed E-state index contributed by atoms with van der Waals surface area (Å²) in [7, 11) is 0. The lowest BCUT2D eigenvalue weighted by Crippen LogP contribution is -2.30. The van der Waals surface area contributed by atoms with Gasteiger partial charge in [0.25, 0.3) is 0 Å². The van der Waals surface area contributed by atoms with Gasteiger partial charge in [0.05, 0.1) is 6.54 Å². The number of aryl methyl sites for hydroxylation is 1. The largest absolute Gasteiger partial charge is 0.298 e. The van der Waals surface area contributed by atoms with Crippen LogP contribution >= 0.6 is 0 Å². The van der Waals surface area contributed by atoms with Crippen LogP contribution in [0.25, 0.3) is 0 Å². The van der Waals surface area contributed by atoms with E-state index in [0.717, 1.165) is 32.4 Å². The Morgan fingerprint density at radius 1 is 1.24 bits per heavy atom. The van der Waals surface area contributed by atoms with E-state index in [-0.39, 0.29) is 0 Å². The molecule has 2 heteroatoms. The molecule has 0 bridgehead atoms. The molecule has 0 radical (unpaired) electrons. The van der Waals surface area contributed by atoms with E-state index in [1.807, 2.05) is 0 Å². The van der Waals surface area contributed by atoms with Crippen molar-refractivity contribution in [2.24, 2.45) is 5.92 Å². The molecule has 1 saturated carbocycles. The highest BCUT2D eigenvalue weighted by atomic mass is 16.1. The molecule has 1 aliphatic heterocycles. The molecular formula is C15H19NO. The van der Waals surface area contributed by atoms with E-state index < -0.39 is 0 Å². The Labute approximate surface area is 103 Å². The highest BCUT2D eigenvalue weighted by Crippen LogP contribution is 2.30. The Hall–Kier alpha value is -1.15. The number of benzene rings is 1. The lowest BCUT2D eigenvalue weighted by Gasteiger charge is -2.19. The third kappa shape index (κ3) is 2.58. The molecule has 1 aromatic carbocycles. The molecule has 3 rings (SSSR count). The molecule has 0 atom stereocenters. The van der Waals surface area contributed by atoms with E-state index >= 15 is 0 Å². The zero-order valence-corrected chi connectivity index (χ0v) is 10.2. The van der Waals surface area contributed by atoms with E-state index in [9.17, 15) is 4.79 Å². The molecular weight excluding hydrogens is 210 g/mol. The van der Waals surface area contributed by atoms with Crippen LogP contribution in [0, 0.1) is 5.92 Å². The molecule has 0 saturated heterocycles. The molecule has 1 fully saturated rings. The maximum absolute atomic E-state index is 11.9. The zero-order chi connectivity index (χ0) is 11.7. The highest BCUT2D eigenvalue weighted by Gasteiger charge is 2.30. The van der Waals surface area contributed by atoms with Crippen molar-refractivity contribution < 1.29 is 4.79 Å². The summed E-state index contributed by atoms with van der Waals surface area (Å²) >= 11 is 0. The van der Waals surface area contributed by atoms with Crippen LogP contribution in [0.5, 0.6) is 0 Å². The van der Waals surface area contributed by atoms with E-state index in [4.69, 9.17) is 0 Å². The van der Waals surface area contributed by atoms with E-state index in [2.05, 4.69) is 29.2 Å². The van der Waals surface area contributed by atoms with Crippen LogP contribution in [0.4, 0.5) is 0 Å². The number of hydrogen-bond donors (Lipinski definition) is 0. The SMILES string of the molecule is O=C(CN1CCCc2ccccc2C1)C1CC1. The lowest BCUT2D eigenvalue weighted by molar-refractivity contribution is -0.121. The maximum Gasteiger partial charge on any atom is 0.149 e. The van der Waals surface area contributed by atoms with E-state index in [1.54, 1.807) is 0 Å². The van der Waals surface area contributed by atoms with Gasteiger partial charge in [-0.2, -0.15) is 0 Å². The molecule has 0 spiro atoms. The Morgan fingerprint density at radius 2 is 2.00 bits per heavy atom. The fourth-order valence-electron chi connectivity index (χ4n) is 2.66. The summed E-state index contributed by atoms with van der Waals surface area (Å²) < 4.78 is 0. The van der Waals surface area contributed by atoms with Gasteiger partial charge >= 0.3 is 0 Å². The number of hydrogen-bond acceptors (Lipinski definition) is 2. The molecule has 1 aliphatic carbocycles. The smallest absolute Gasteiger partial charge is 0.149 e. The van der Waals surface area contributed by atoms with Gasteiger partial charge in [0.2, 0.25) is 0 Å². The topological polar surface area (TPSA) is 20.3 Å². The van der Waals surface area contributed by atoms with Crippen molar-refractivity contribution in [3.63, 3.8) is 0 Å². The summed E-state index contributed by atoms with van der Waals surface area (Å²) in [5, 5.41) is 0. The summed E-state index contributed by atoms with van der Waals surface area (Å²) in [4.78, 5) is 14.2. The number of fused-ring (bicyclic) bond motifs is 1. The van der Waals surface area contributed by atoms with Crippen molar-refractivity contribution in [1.29, 1.82) is 0 Å². The molecule has 0 unspecified atom stereocenters. The molecule has 0 aromatic heterocycles. The molecule has 90 valence electrons. The van der Waals surface area contributed by atoms with Gasteiger partial charge < -0.3 is 0 Å². The van der Waals surface area contributed by atoms with Gasteiger partial charge in [-0.25, -0.2) is 0 Å². The molecule has 0 amide bonds. The number of Topliss-reactive ketones (excluding diaryl/α,β-unsaturated/α-hetero) is 1. The minimum absolute atomic E-state index is 0.397. The number of carbonyl (C=O) groups is 1. The average molecular weight is 229 g/mol. The first-order valence-electron chi connectivity index (χ1n) is 6.65. The fourth-order valence-corrected chi connectivity index (χ4v) is 2.66. The molecule has 0 N–H and O–H groups in total. The van der Waals surface area contributed by atoms with Crippen molar-refractivity contribution in [3.8, 4) is 0 Å². The Balaban J connectivity index is 1.69. The summed E-state index contributed by atoms with van der Waals surface area (Å²) in [6.45, 7) is 2.68. The second-order valence-corrected chi connectivity index (χ2v) is 5.32. The maximum atomic E-state index is 11.9. The summed E-state index contributed by atoms with van der Waals surface area (Å²) in [5.41, 5.74) is 2.88. The molecule has 1 aromatic rings. The standard InChI is InChI=1S/C15H19NO/c17-15(13-7-8-13)11-16-9-3-6-12-4-1-2-5-14(12)10-16/h1-2,4-5,13H,3,6-11H2. The zero-order valence-electron chi connectivity index (χ0n) is 10.2. The molecule has 17 heavy (non-hydrogen) atoms. The first-order valence-corrected chi connectivity index (χ1v) is 6.65. The quantitative estimate of drug-likeness (QED) is 0.793. The number of nitrogens with zero attached hydrogens (tertiary/aromatic N) is 1. The van der Waals surface area contributed by atoms with E-state index in [0.29, 0.717) is 18.2 Å². The van der Waals surface area contributed by atoms with Crippen LogP contribution in [0.2, 0.25) is 0 Å². The summed E-state index contributed by atoms with van der Waals surface area (Å²) in [6, 6.07) is 8.64. The van der Waals surface area contributed by atoms with Crippen LogP contribution in [0.1, 0.15) is 30.4 Å². The van der Waals surface area contributed by atoms with Gasteiger partial charge in [0.15, 0.2) is 0 Å². The monoisotopic (exact) mass is 229 g/mol. The normalized spacial score (nSPS) is 20.7. The predicted octanol–water partition coefficient (Wildman–Crippen LogP) is 2.41. The van der Waals surface area contributed by atoms with Gasteiger partial charge in [0.1, 0.15) is 5.78 Å². The number of ketones is 1. The highest BCUT2D eigenvalue weighted by molar-refractivity contribution is 5.85. The van der Waals surface area contributed by atoms with Crippen LogP contribution in [-0.2, 0) is 17.8 Å². The van der Waals surface area contributed by atoms with Crippen LogP contribution in [-0.4, -0.2) is 23.8 Å². The van der Waals surface area contributed by atoms with Crippen molar-refractivity contribution >= 4 is 5.78 Å². The lowest BCUT2D eigenvalue weighted by atomic mass is 10.0. The van der Waals surface area contributed by atoms with Crippen LogP contribution in [0.15, 0.2) is 24.3 Å².